The van der Waals surface area contributed by atoms with Crippen LogP contribution in [-0.4, -0.2) is 52.7 Å². The largest absolute Gasteiger partial charge is 0.486 e. The number of carbonyl (C=O) groups is 1. The van der Waals surface area contributed by atoms with E-state index in [-0.39, 0.29) is 35.6 Å². The fraction of sp³-hybridized carbons (Fsp3) is 0.350. The number of benzene rings is 1. The predicted molar refractivity (Wildman–Crippen MR) is 112 cm³/mol. The molecule has 2 aliphatic rings. The third-order valence-electron chi connectivity index (χ3n) is 5.48. The van der Waals surface area contributed by atoms with E-state index < -0.39 is 23.7 Å². The maximum atomic E-state index is 14.1. The van der Waals surface area contributed by atoms with Gasteiger partial charge in [0.15, 0.2) is 17.1 Å². The van der Waals surface area contributed by atoms with E-state index in [1.807, 2.05) is 0 Å². The number of aromatic nitrogens is 3. The van der Waals surface area contributed by atoms with Crippen LogP contribution in [0.1, 0.15) is 23.2 Å². The van der Waals surface area contributed by atoms with Crippen molar-refractivity contribution in [1.82, 2.24) is 25.4 Å². The molecule has 1 atom stereocenters. The SMILES string of the molecule is CNc1cc(Nc2cc(F)cc3c2OCCO3)nc2c(C(=O)NNC3CCC3(F)F)cnn12. The summed E-state index contributed by atoms with van der Waals surface area (Å²) in [7, 11) is 1.65. The number of amides is 1. The Morgan fingerprint density at radius 2 is 2.06 bits per heavy atom. The molecule has 10 nitrogen and oxygen atoms in total. The molecule has 1 aliphatic carbocycles. The van der Waals surface area contributed by atoms with Crippen molar-refractivity contribution >= 4 is 28.9 Å². The molecule has 0 bridgehead atoms. The van der Waals surface area contributed by atoms with Crippen molar-refractivity contribution in [2.75, 3.05) is 30.9 Å². The van der Waals surface area contributed by atoms with Gasteiger partial charge in [-0.3, -0.25) is 10.2 Å². The third kappa shape index (κ3) is 3.84. The molecule has 1 aromatic carbocycles. The Bertz CT molecular complexity index is 1230. The lowest BCUT2D eigenvalue weighted by molar-refractivity contribution is -0.108. The van der Waals surface area contributed by atoms with Gasteiger partial charge in [0, 0.05) is 31.7 Å². The van der Waals surface area contributed by atoms with Crippen LogP contribution in [0.3, 0.4) is 0 Å². The first-order chi connectivity index (χ1) is 15.9. The lowest BCUT2D eigenvalue weighted by atomic mass is 9.88. The van der Waals surface area contributed by atoms with Gasteiger partial charge < -0.3 is 20.1 Å². The number of ether oxygens (including phenoxy) is 2. The number of carbonyl (C=O) groups excluding carboxylic acids is 1. The van der Waals surface area contributed by atoms with Crippen molar-refractivity contribution in [3.05, 3.63) is 35.8 Å². The van der Waals surface area contributed by atoms with Crippen LogP contribution in [0.4, 0.5) is 30.5 Å². The van der Waals surface area contributed by atoms with Gasteiger partial charge in [-0.15, -0.1) is 0 Å². The number of hydrogen-bond acceptors (Lipinski definition) is 8. The summed E-state index contributed by atoms with van der Waals surface area (Å²) < 4.78 is 53.4. The standard InChI is InChI=1S/C20H20F3N7O3/c1-24-16-8-15(26-12-6-10(21)7-13-17(12)33-5-4-32-13)27-18-11(9-25-30(16)18)19(31)29-28-14-2-3-20(14,22)23/h6-9,14,24,28H,2-5H2,1H3,(H,26,27)(H,29,31). The summed E-state index contributed by atoms with van der Waals surface area (Å²) in [5.74, 6) is -2.71. The summed E-state index contributed by atoms with van der Waals surface area (Å²) in [5.41, 5.74) is 5.18. The smallest absolute Gasteiger partial charge is 0.270 e. The molecular formula is C20H20F3N7O3. The maximum Gasteiger partial charge on any atom is 0.270 e. The van der Waals surface area contributed by atoms with E-state index in [9.17, 15) is 18.0 Å². The van der Waals surface area contributed by atoms with Crippen LogP contribution < -0.4 is 31.0 Å². The zero-order chi connectivity index (χ0) is 23.2. The van der Waals surface area contributed by atoms with Crippen molar-refractivity contribution in [3.63, 3.8) is 0 Å². The molecule has 0 radical (unpaired) electrons. The first-order valence-corrected chi connectivity index (χ1v) is 10.2. The Balaban J connectivity index is 1.45. The number of nitrogens with one attached hydrogen (secondary N) is 4. The maximum absolute atomic E-state index is 14.1. The molecule has 174 valence electrons. The second-order valence-electron chi connectivity index (χ2n) is 7.62. The fourth-order valence-corrected chi connectivity index (χ4v) is 3.62. The number of fused-ring (bicyclic) bond motifs is 2. The molecule has 1 fully saturated rings. The minimum Gasteiger partial charge on any atom is -0.486 e. The minimum absolute atomic E-state index is 0.0612. The Hall–Kier alpha value is -3.74. The van der Waals surface area contributed by atoms with Gasteiger partial charge in [0.1, 0.15) is 36.2 Å². The van der Waals surface area contributed by atoms with Crippen LogP contribution in [0.2, 0.25) is 0 Å². The number of hydrogen-bond donors (Lipinski definition) is 4. The predicted octanol–water partition coefficient (Wildman–Crippen LogP) is 2.46. The van der Waals surface area contributed by atoms with Gasteiger partial charge in [0.05, 0.1) is 17.9 Å². The molecule has 1 amide bonds. The molecule has 5 rings (SSSR count). The molecule has 13 heteroatoms. The molecule has 0 saturated heterocycles. The first-order valence-electron chi connectivity index (χ1n) is 10.2. The van der Waals surface area contributed by atoms with Gasteiger partial charge in [0.2, 0.25) is 0 Å². The molecule has 3 heterocycles. The van der Waals surface area contributed by atoms with Gasteiger partial charge in [-0.05, 0) is 6.42 Å². The zero-order valence-electron chi connectivity index (χ0n) is 17.4. The van der Waals surface area contributed by atoms with Gasteiger partial charge in [-0.1, -0.05) is 0 Å². The van der Waals surface area contributed by atoms with Crippen LogP contribution >= 0.6 is 0 Å². The number of halogens is 3. The zero-order valence-corrected chi connectivity index (χ0v) is 17.4. The topological polar surface area (TPSA) is 114 Å². The van der Waals surface area contributed by atoms with E-state index in [1.165, 1.54) is 22.8 Å². The van der Waals surface area contributed by atoms with E-state index in [0.29, 0.717) is 30.5 Å². The number of anilines is 3. The summed E-state index contributed by atoms with van der Waals surface area (Å²) in [4.78, 5) is 17.1. The summed E-state index contributed by atoms with van der Waals surface area (Å²) >= 11 is 0. The molecular weight excluding hydrogens is 443 g/mol. The molecule has 4 N–H and O–H groups in total. The number of nitrogens with zero attached hydrogens (tertiary/aromatic N) is 3. The van der Waals surface area contributed by atoms with Gasteiger partial charge in [-0.25, -0.2) is 23.6 Å². The molecule has 2 aromatic heterocycles. The highest BCUT2D eigenvalue weighted by Crippen LogP contribution is 2.40. The van der Waals surface area contributed by atoms with E-state index in [4.69, 9.17) is 9.47 Å². The fourth-order valence-electron chi connectivity index (χ4n) is 3.62. The summed E-state index contributed by atoms with van der Waals surface area (Å²) in [6, 6.07) is 2.96. The molecule has 0 spiro atoms. The summed E-state index contributed by atoms with van der Waals surface area (Å²) in [6.45, 7) is 0.612. The van der Waals surface area contributed by atoms with Crippen LogP contribution in [0.15, 0.2) is 24.4 Å². The van der Waals surface area contributed by atoms with Crippen molar-refractivity contribution in [2.24, 2.45) is 0 Å². The van der Waals surface area contributed by atoms with Crippen molar-refractivity contribution in [2.45, 2.75) is 24.8 Å². The van der Waals surface area contributed by atoms with Crippen LogP contribution in [0, 0.1) is 5.82 Å². The van der Waals surface area contributed by atoms with E-state index in [1.54, 1.807) is 13.1 Å². The lowest BCUT2D eigenvalue weighted by Crippen LogP contribution is -2.58. The highest BCUT2D eigenvalue weighted by molar-refractivity contribution is 5.99. The Morgan fingerprint density at radius 1 is 1.24 bits per heavy atom. The molecule has 33 heavy (non-hydrogen) atoms. The highest BCUT2D eigenvalue weighted by Gasteiger charge is 2.48. The molecule has 1 saturated carbocycles. The van der Waals surface area contributed by atoms with Gasteiger partial charge >= 0.3 is 0 Å². The van der Waals surface area contributed by atoms with E-state index >= 15 is 0 Å². The highest BCUT2D eigenvalue weighted by atomic mass is 19.3. The lowest BCUT2D eigenvalue weighted by Gasteiger charge is -2.36. The monoisotopic (exact) mass is 463 g/mol. The molecule has 1 aliphatic heterocycles. The van der Waals surface area contributed by atoms with E-state index in [0.717, 1.165) is 0 Å². The summed E-state index contributed by atoms with van der Waals surface area (Å²) in [5, 5.41) is 10.1. The van der Waals surface area contributed by atoms with Crippen molar-refractivity contribution < 1.29 is 27.4 Å². The summed E-state index contributed by atoms with van der Waals surface area (Å²) in [6.07, 6.45) is 1.31. The normalized spacial score (nSPS) is 18.5. The Labute approximate surface area is 185 Å². The van der Waals surface area contributed by atoms with E-state index in [2.05, 4.69) is 31.6 Å². The first kappa shape index (κ1) is 21.1. The molecule has 3 aromatic rings. The second-order valence-corrected chi connectivity index (χ2v) is 7.62. The van der Waals surface area contributed by atoms with Crippen LogP contribution in [-0.2, 0) is 0 Å². The minimum atomic E-state index is -2.86. The molecule has 1 unspecified atom stereocenters. The Kier molecular flexibility index (Phi) is 5.12. The van der Waals surface area contributed by atoms with Crippen molar-refractivity contribution in [1.29, 1.82) is 0 Å². The average Bonchev–Trinajstić information content (AvgIpc) is 3.22. The number of alkyl halides is 2. The van der Waals surface area contributed by atoms with Gasteiger partial charge in [0.25, 0.3) is 11.8 Å². The average molecular weight is 463 g/mol. The Morgan fingerprint density at radius 3 is 2.79 bits per heavy atom. The third-order valence-corrected chi connectivity index (χ3v) is 5.48. The van der Waals surface area contributed by atoms with Crippen molar-refractivity contribution in [3.8, 4) is 11.5 Å². The quantitative estimate of drug-likeness (QED) is 0.413. The van der Waals surface area contributed by atoms with Crippen LogP contribution in [0.5, 0.6) is 11.5 Å². The number of rotatable bonds is 6. The van der Waals surface area contributed by atoms with Gasteiger partial charge in [-0.2, -0.15) is 9.61 Å². The number of hydrazine groups is 1. The van der Waals surface area contributed by atoms with Crippen LogP contribution in [0.25, 0.3) is 5.65 Å². The second kappa shape index (κ2) is 7.99.